The number of hydrogen-bond donors (Lipinski definition) is 0. The molecule has 0 radical (unpaired) electrons. The van der Waals surface area contributed by atoms with Crippen LogP contribution in [-0.4, -0.2) is 33.1 Å². The lowest BCUT2D eigenvalue weighted by atomic mass is 10.1. The van der Waals surface area contributed by atoms with Gasteiger partial charge in [-0.25, -0.2) is 4.79 Å². The fourth-order valence-electron chi connectivity index (χ4n) is 2.92. The Morgan fingerprint density at radius 1 is 0.781 bits per heavy atom. The van der Waals surface area contributed by atoms with Crippen LogP contribution in [-0.2, 0) is 0 Å². The van der Waals surface area contributed by atoms with E-state index in [2.05, 4.69) is 15.9 Å². The van der Waals surface area contributed by atoms with Crippen LogP contribution in [0.1, 0.15) is 26.3 Å². The zero-order valence-corrected chi connectivity index (χ0v) is 19.3. The SMILES string of the molecule is COc1ccc(C(=O)/C=C/c2ccc(OC)c(OC)c2)c(OC(=O)c2ccccc2Br)c1. The molecule has 0 aliphatic rings. The van der Waals surface area contributed by atoms with E-state index in [9.17, 15) is 9.59 Å². The molecule has 0 fully saturated rings. The molecule has 0 saturated carbocycles. The predicted molar refractivity (Wildman–Crippen MR) is 125 cm³/mol. The number of hydrogen-bond acceptors (Lipinski definition) is 6. The number of carbonyl (C=O) groups excluding carboxylic acids is 2. The molecule has 3 rings (SSSR count). The van der Waals surface area contributed by atoms with E-state index in [0.29, 0.717) is 27.3 Å². The van der Waals surface area contributed by atoms with Gasteiger partial charge in [-0.05, 0) is 64.0 Å². The van der Waals surface area contributed by atoms with Crippen LogP contribution in [0.5, 0.6) is 23.0 Å². The van der Waals surface area contributed by atoms with Crippen molar-refractivity contribution in [3.05, 3.63) is 87.9 Å². The Morgan fingerprint density at radius 2 is 1.53 bits per heavy atom. The topological polar surface area (TPSA) is 71.1 Å². The van der Waals surface area contributed by atoms with Gasteiger partial charge in [0.1, 0.15) is 11.5 Å². The molecule has 0 aromatic heterocycles. The summed E-state index contributed by atoms with van der Waals surface area (Å²) < 4.78 is 21.9. The maximum absolute atomic E-state index is 12.9. The summed E-state index contributed by atoms with van der Waals surface area (Å²) in [5.41, 5.74) is 1.31. The average Bonchev–Trinajstić information content (AvgIpc) is 2.82. The van der Waals surface area contributed by atoms with Crippen molar-refractivity contribution in [2.24, 2.45) is 0 Å². The predicted octanol–water partition coefficient (Wildman–Crippen LogP) is 5.59. The van der Waals surface area contributed by atoms with Crippen molar-refractivity contribution < 1.29 is 28.5 Å². The van der Waals surface area contributed by atoms with Crippen LogP contribution < -0.4 is 18.9 Å². The second-order valence-corrected chi connectivity index (χ2v) is 7.40. The molecule has 32 heavy (non-hydrogen) atoms. The minimum Gasteiger partial charge on any atom is -0.497 e. The maximum atomic E-state index is 12.9. The largest absolute Gasteiger partial charge is 0.497 e. The first kappa shape index (κ1) is 23.1. The Labute approximate surface area is 194 Å². The zero-order chi connectivity index (χ0) is 23.1. The molecule has 3 aromatic rings. The molecule has 0 unspecified atom stereocenters. The minimum atomic E-state index is -0.594. The van der Waals surface area contributed by atoms with Gasteiger partial charge in [0, 0.05) is 10.5 Å². The Bertz CT molecular complexity index is 1170. The summed E-state index contributed by atoms with van der Waals surface area (Å²) in [7, 11) is 4.59. The van der Waals surface area contributed by atoms with Crippen molar-refractivity contribution in [3.63, 3.8) is 0 Å². The summed E-state index contributed by atoms with van der Waals surface area (Å²) in [6, 6.07) is 16.9. The number of ether oxygens (including phenoxy) is 4. The molecular formula is C25H21BrO6. The summed E-state index contributed by atoms with van der Waals surface area (Å²) >= 11 is 3.34. The molecule has 7 heteroatoms. The van der Waals surface area contributed by atoms with Crippen LogP contribution >= 0.6 is 15.9 Å². The summed E-state index contributed by atoms with van der Waals surface area (Å²) in [4.78, 5) is 25.6. The number of methoxy groups -OCH3 is 3. The molecule has 164 valence electrons. The average molecular weight is 497 g/mol. The number of halogens is 1. The van der Waals surface area contributed by atoms with Gasteiger partial charge >= 0.3 is 5.97 Å². The van der Waals surface area contributed by atoms with Crippen LogP contribution in [0.4, 0.5) is 0 Å². The Morgan fingerprint density at radius 3 is 2.22 bits per heavy atom. The molecule has 0 heterocycles. The lowest BCUT2D eigenvalue weighted by Gasteiger charge is -2.11. The summed E-state index contributed by atoms with van der Waals surface area (Å²) in [6.07, 6.45) is 3.05. The van der Waals surface area contributed by atoms with Gasteiger partial charge in [-0.2, -0.15) is 0 Å². The first-order valence-corrected chi connectivity index (χ1v) is 10.3. The van der Waals surface area contributed by atoms with Crippen molar-refractivity contribution in [1.29, 1.82) is 0 Å². The van der Waals surface area contributed by atoms with Crippen LogP contribution in [0.25, 0.3) is 6.08 Å². The van der Waals surface area contributed by atoms with Gasteiger partial charge in [0.2, 0.25) is 0 Å². The number of esters is 1. The van der Waals surface area contributed by atoms with Crippen molar-refractivity contribution in [2.45, 2.75) is 0 Å². The van der Waals surface area contributed by atoms with Gasteiger partial charge in [0.15, 0.2) is 17.3 Å². The summed E-state index contributed by atoms with van der Waals surface area (Å²) in [6.45, 7) is 0. The van der Waals surface area contributed by atoms with E-state index in [1.165, 1.54) is 19.3 Å². The molecule has 0 atom stereocenters. The van der Waals surface area contributed by atoms with Gasteiger partial charge < -0.3 is 18.9 Å². The van der Waals surface area contributed by atoms with Gasteiger partial charge in [-0.3, -0.25) is 4.79 Å². The Hall–Kier alpha value is -3.58. The van der Waals surface area contributed by atoms with Crippen LogP contribution in [0.2, 0.25) is 0 Å². The molecule has 0 N–H and O–H groups in total. The van der Waals surface area contributed by atoms with E-state index in [0.717, 1.165) is 5.56 Å². The number of benzene rings is 3. The molecule has 3 aromatic carbocycles. The van der Waals surface area contributed by atoms with Gasteiger partial charge in [0.25, 0.3) is 0 Å². The summed E-state index contributed by atoms with van der Waals surface area (Å²) in [5, 5.41) is 0. The van der Waals surface area contributed by atoms with Crippen LogP contribution in [0.15, 0.2) is 71.2 Å². The number of rotatable bonds is 8. The molecule has 0 aliphatic carbocycles. The van der Waals surface area contributed by atoms with Crippen molar-refractivity contribution in [2.75, 3.05) is 21.3 Å². The molecule has 0 saturated heterocycles. The molecule has 6 nitrogen and oxygen atoms in total. The number of carbonyl (C=O) groups is 2. The molecule has 0 bridgehead atoms. The second kappa shape index (κ2) is 10.6. The fourth-order valence-corrected chi connectivity index (χ4v) is 3.36. The second-order valence-electron chi connectivity index (χ2n) is 6.54. The normalized spacial score (nSPS) is 10.6. The van der Waals surface area contributed by atoms with Crippen molar-refractivity contribution >= 4 is 33.8 Å². The highest BCUT2D eigenvalue weighted by Gasteiger charge is 2.18. The van der Waals surface area contributed by atoms with Crippen molar-refractivity contribution in [3.8, 4) is 23.0 Å². The zero-order valence-electron chi connectivity index (χ0n) is 17.8. The molecule has 0 amide bonds. The standard InChI is InChI=1S/C25H21BrO6/c1-29-17-10-11-19(23(15-17)32-25(28)18-6-4-5-7-20(18)26)21(27)12-8-16-9-13-22(30-2)24(14-16)31-3/h4-15H,1-3H3/b12-8+. The highest BCUT2D eigenvalue weighted by molar-refractivity contribution is 9.10. The summed E-state index contributed by atoms with van der Waals surface area (Å²) in [5.74, 6) is 0.774. The van der Waals surface area contributed by atoms with Gasteiger partial charge in [-0.1, -0.05) is 24.3 Å². The smallest absolute Gasteiger partial charge is 0.344 e. The van der Waals surface area contributed by atoms with E-state index < -0.39 is 5.97 Å². The maximum Gasteiger partial charge on any atom is 0.344 e. The van der Waals surface area contributed by atoms with E-state index in [-0.39, 0.29) is 17.1 Å². The number of allylic oxidation sites excluding steroid dienone is 1. The third-order valence-electron chi connectivity index (χ3n) is 4.59. The van der Waals surface area contributed by atoms with E-state index in [1.54, 1.807) is 74.9 Å². The lowest BCUT2D eigenvalue weighted by molar-refractivity contribution is 0.0732. The third-order valence-corrected chi connectivity index (χ3v) is 5.28. The van der Waals surface area contributed by atoms with E-state index in [4.69, 9.17) is 18.9 Å². The fraction of sp³-hybridized carbons (Fsp3) is 0.120. The Kier molecular flexibility index (Phi) is 7.68. The first-order valence-electron chi connectivity index (χ1n) is 9.56. The van der Waals surface area contributed by atoms with Gasteiger partial charge in [0.05, 0.1) is 32.5 Å². The van der Waals surface area contributed by atoms with E-state index >= 15 is 0 Å². The van der Waals surface area contributed by atoms with Crippen LogP contribution in [0.3, 0.4) is 0 Å². The Balaban J connectivity index is 1.88. The highest BCUT2D eigenvalue weighted by Crippen LogP contribution is 2.30. The van der Waals surface area contributed by atoms with Gasteiger partial charge in [-0.15, -0.1) is 0 Å². The quantitative estimate of drug-likeness (QED) is 0.175. The molecular weight excluding hydrogens is 476 g/mol. The molecule has 0 spiro atoms. The highest BCUT2D eigenvalue weighted by atomic mass is 79.9. The lowest BCUT2D eigenvalue weighted by Crippen LogP contribution is -2.12. The van der Waals surface area contributed by atoms with Crippen molar-refractivity contribution in [1.82, 2.24) is 0 Å². The number of ketones is 1. The van der Waals surface area contributed by atoms with E-state index in [1.807, 2.05) is 0 Å². The minimum absolute atomic E-state index is 0.104. The van der Waals surface area contributed by atoms with Crippen LogP contribution in [0, 0.1) is 0 Å². The first-order chi connectivity index (χ1) is 15.5. The molecule has 0 aliphatic heterocycles. The monoisotopic (exact) mass is 496 g/mol. The third kappa shape index (κ3) is 5.36.